The second-order valence-electron chi connectivity index (χ2n) is 8.73. The molecule has 0 saturated carbocycles. The smallest absolute Gasteiger partial charge is 0.243 e. The van der Waals surface area contributed by atoms with Gasteiger partial charge in [-0.05, 0) is 74.5 Å². The minimum absolute atomic E-state index is 0.143. The summed E-state index contributed by atoms with van der Waals surface area (Å²) >= 11 is 7.44. The topological polar surface area (TPSA) is 68.7 Å². The predicted octanol–water partition coefficient (Wildman–Crippen LogP) is 6.72. The molecule has 1 aromatic heterocycles. The molecule has 0 amide bonds. The molecule has 1 aliphatic rings. The second kappa shape index (κ2) is 10.3. The zero-order valence-electron chi connectivity index (χ0n) is 19.8. The van der Waals surface area contributed by atoms with E-state index in [4.69, 9.17) is 26.1 Å². The van der Waals surface area contributed by atoms with Crippen LogP contribution in [0, 0.1) is 0 Å². The van der Waals surface area contributed by atoms with Crippen molar-refractivity contribution in [1.29, 1.82) is 0 Å². The van der Waals surface area contributed by atoms with Crippen molar-refractivity contribution in [1.82, 2.24) is 9.29 Å². The molecule has 5 rings (SSSR count). The van der Waals surface area contributed by atoms with Gasteiger partial charge in [-0.25, -0.2) is 13.4 Å². The van der Waals surface area contributed by atoms with E-state index in [0.717, 1.165) is 21.8 Å². The molecule has 0 N–H and O–H groups in total. The molecular formula is C27H25ClN2O4S2. The van der Waals surface area contributed by atoms with Crippen LogP contribution in [0.1, 0.15) is 13.8 Å². The van der Waals surface area contributed by atoms with Gasteiger partial charge in [-0.2, -0.15) is 4.31 Å². The van der Waals surface area contributed by atoms with Gasteiger partial charge in [-0.3, -0.25) is 0 Å². The molecule has 186 valence electrons. The first-order valence-electron chi connectivity index (χ1n) is 11.5. The lowest BCUT2D eigenvalue weighted by Crippen LogP contribution is -2.48. The summed E-state index contributed by atoms with van der Waals surface area (Å²) in [6, 6.07) is 21.9. The number of halogens is 1. The van der Waals surface area contributed by atoms with E-state index >= 15 is 0 Å². The van der Waals surface area contributed by atoms with Crippen LogP contribution in [0.3, 0.4) is 0 Å². The predicted molar refractivity (Wildman–Crippen MR) is 143 cm³/mol. The van der Waals surface area contributed by atoms with Crippen molar-refractivity contribution < 1.29 is 17.9 Å². The molecule has 0 radical (unpaired) electrons. The maximum Gasteiger partial charge on any atom is 0.243 e. The van der Waals surface area contributed by atoms with E-state index < -0.39 is 10.0 Å². The Morgan fingerprint density at radius 2 is 1.58 bits per heavy atom. The van der Waals surface area contributed by atoms with Crippen molar-refractivity contribution in [3.05, 3.63) is 83.2 Å². The number of benzene rings is 3. The lowest BCUT2D eigenvalue weighted by molar-refractivity contribution is -0.0440. The number of aromatic nitrogens is 1. The number of hydrogen-bond acceptors (Lipinski definition) is 6. The zero-order chi connectivity index (χ0) is 25.3. The van der Waals surface area contributed by atoms with E-state index in [2.05, 4.69) is 0 Å². The highest BCUT2D eigenvalue weighted by Gasteiger charge is 2.32. The van der Waals surface area contributed by atoms with Crippen molar-refractivity contribution in [3.8, 4) is 33.3 Å². The average Bonchev–Trinajstić information content (AvgIpc) is 3.36. The van der Waals surface area contributed by atoms with Crippen LogP contribution in [0.25, 0.3) is 21.8 Å². The van der Waals surface area contributed by atoms with Crippen molar-refractivity contribution in [2.24, 2.45) is 0 Å². The number of rotatable bonds is 6. The van der Waals surface area contributed by atoms with E-state index in [9.17, 15) is 8.42 Å². The number of sulfonamides is 1. The summed E-state index contributed by atoms with van der Waals surface area (Å²) in [5, 5.41) is 3.44. The molecule has 2 heterocycles. The van der Waals surface area contributed by atoms with Gasteiger partial charge >= 0.3 is 0 Å². The summed E-state index contributed by atoms with van der Waals surface area (Å²) in [4.78, 5) is 5.03. The Morgan fingerprint density at radius 1 is 0.944 bits per heavy atom. The minimum atomic E-state index is -3.63. The number of morpholine rings is 1. The molecule has 1 saturated heterocycles. The number of nitrogens with zero attached hydrogens (tertiary/aromatic N) is 2. The minimum Gasteiger partial charge on any atom is -0.457 e. The summed E-state index contributed by atoms with van der Waals surface area (Å²) < 4.78 is 39.7. The molecule has 1 fully saturated rings. The standard InChI is InChI=1S/C27H25ClN2O4S2/c1-18-15-30(16-19(2)33-18)36(31,32)25-5-3-4-21(14-25)26-17-35-27(29-26)20-6-10-23(11-7-20)34-24-12-8-22(28)9-13-24/h3-14,17-19H,15-16H2,1-2H3. The second-order valence-corrected chi connectivity index (χ2v) is 12.0. The summed E-state index contributed by atoms with van der Waals surface area (Å²) in [5.74, 6) is 1.42. The number of hydrogen-bond donors (Lipinski definition) is 0. The number of thiazole rings is 1. The van der Waals surface area contributed by atoms with E-state index in [1.807, 2.05) is 61.7 Å². The molecule has 4 aromatic rings. The molecule has 0 spiro atoms. The van der Waals surface area contributed by atoms with Crippen LogP contribution in [-0.2, 0) is 14.8 Å². The first kappa shape index (κ1) is 24.9. The summed E-state index contributed by atoms with van der Waals surface area (Å²) in [5.41, 5.74) is 2.45. The Balaban J connectivity index is 1.34. The van der Waals surface area contributed by atoms with Crippen LogP contribution in [0.15, 0.2) is 83.1 Å². The fourth-order valence-corrected chi connectivity index (χ4v) is 6.73. The molecule has 0 aliphatic carbocycles. The van der Waals surface area contributed by atoms with Crippen LogP contribution in [0.2, 0.25) is 5.02 Å². The lowest BCUT2D eigenvalue weighted by atomic mass is 10.2. The first-order valence-corrected chi connectivity index (χ1v) is 14.2. The van der Waals surface area contributed by atoms with Crippen molar-refractivity contribution >= 4 is 33.0 Å². The highest BCUT2D eigenvalue weighted by atomic mass is 35.5. The zero-order valence-corrected chi connectivity index (χ0v) is 22.2. The molecule has 2 unspecified atom stereocenters. The van der Waals surface area contributed by atoms with Crippen LogP contribution in [0.5, 0.6) is 11.5 Å². The van der Waals surface area contributed by atoms with Crippen molar-refractivity contribution in [3.63, 3.8) is 0 Å². The molecule has 1 aliphatic heterocycles. The largest absolute Gasteiger partial charge is 0.457 e. The average molecular weight is 541 g/mol. The quantitative estimate of drug-likeness (QED) is 0.271. The van der Waals surface area contributed by atoms with E-state index in [1.54, 1.807) is 30.3 Å². The van der Waals surface area contributed by atoms with Gasteiger partial charge in [0.25, 0.3) is 0 Å². The fraction of sp³-hybridized carbons (Fsp3) is 0.222. The van der Waals surface area contributed by atoms with Crippen molar-refractivity contribution in [2.75, 3.05) is 13.1 Å². The Hall–Kier alpha value is -2.75. The highest BCUT2D eigenvalue weighted by Crippen LogP contribution is 2.32. The summed E-state index contributed by atoms with van der Waals surface area (Å²) in [7, 11) is -3.63. The maximum atomic E-state index is 13.3. The van der Waals surface area contributed by atoms with Crippen molar-refractivity contribution in [2.45, 2.75) is 31.0 Å². The third-order valence-electron chi connectivity index (χ3n) is 5.81. The monoisotopic (exact) mass is 540 g/mol. The number of ether oxygens (including phenoxy) is 2. The Kier molecular flexibility index (Phi) is 7.14. The van der Waals surface area contributed by atoms with Gasteiger partial charge in [-0.1, -0.05) is 23.7 Å². The first-order chi connectivity index (χ1) is 17.3. The van der Waals surface area contributed by atoms with Crippen LogP contribution >= 0.6 is 22.9 Å². The van der Waals surface area contributed by atoms with Crippen LogP contribution < -0.4 is 4.74 Å². The summed E-state index contributed by atoms with van der Waals surface area (Å²) in [6.07, 6.45) is -0.286. The van der Waals surface area contributed by atoms with Crippen LogP contribution in [0.4, 0.5) is 0 Å². The Morgan fingerprint density at radius 3 is 2.25 bits per heavy atom. The fourth-order valence-electron chi connectivity index (χ4n) is 4.14. The molecular weight excluding hydrogens is 516 g/mol. The van der Waals surface area contributed by atoms with E-state index in [-0.39, 0.29) is 17.1 Å². The van der Waals surface area contributed by atoms with Gasteiger partial charge in [0.15, 0.2) is 0 Å². The lowest BCUT2D eigenvalue weighted by Gasteiger charge is -2.34. The third kappa shape index (κ3) is 5.48. The molecule has 0 bridgehead atoms. The Bertz CT molecular complexity index is 1440. The summed E-state index contributed by atoms with van der Waals surface area (Å²) in [6.45, 7) is 4.47. The normalized spacial score (nSPS) is 18.8. The SMILES string of the molecule is CC1CN(S(=O)(=O)c2cccc(-c3csc(-c4ccc(Oc5ccc(Cl)cc5)cc4)n3)c2)CC(C)O1. The van der Waals surface area contributed by atoms with Gasteiger partial charge < -0.3 is 9.47 Å². The molecule has 3 aromatic carbocycles. The highest BCUT2D eigenvalue weighted by molar-refractivity contribution is 7.89. The van der Waals surface area contributed by atoms with Gasteiger partial charge in [0.2, 0.25) is 10.0 Å². The van der Waals surface area contributed by atoms with E-state index in [1.165, 1.54) is 15.6 Å². The van der Waals surface area contributed by atoms with Crippen LogP contribution in [-0.4, -0.2) is 43.0 Å². The van der Waals surface area contributed by atoms with Gasteiger partial charge in [0.05, 0.1) is 22.8 Å². The van der Waals surface area contributed by atoms with Gasteiger partial charge in [-0.15, -0.1) is 11.3 Å². The van der Waals surface area contributed by atoms with E-state index in [0.29, 0.717) is 29.6 Å². The van der Waals surface area contributed by atoms with Gasteiger partial charge in [0, 0.05) is 34.6 Å². The molecule has 36 heavy (non-hydrogen) atoms. The van der Waals surface area contributed by atoms with Gasteiger partial charge in [0.1, 0.15) is 16.5 Å². The molecule has 2 atom stereocenters. The maximum absolute atomic E-state index is 13.3. The third-order valence-corrected chi connectivity index (χ3v) is 8.78. The Labute approximate surface area is 220 Å². The molecule has 9 heteroatoms. The molecule has 6 nitrogen and oxygen atoms in total.